The zero-order chi connectivity index (χ0) is 14.5. The van der Waals surface area contributed by atoms with Gasteiger partial charge in [0.25, 0.3) is 0 Å². The second-order valence-electron chi connectivity index (χ2n) is 5.27. The molecule has 2 aromatic rings. The smallest absolute Gasteiger partial charge is 0.146 e. The van der Waals surface area contributed by atoms with E-state index in [1.165, 1.54) is 0 Å². The molecule has 0 spiro atoms. The predicted molar refractivity (Wildman–Crippen MR) is 78.1 cm³/mol. The van der Waals surface area contributed by atoms with Gasteiger partial charge in [0.1, 0.15) is 12.2 Å². The molecule has 0 fully saturated rings. The third-order valence-electron chi connectivity index (χ3n) is 3.03. The number of rotatable bonds is 5. The molecule has 0 aliphatic carbocycles. The van der Waals surface area contributed by atoms with E-state index in [-0.39, 0.29) is 0 Å². The molecule has 0 bridgehead atoms. The summed E-state index contributed by atoms with van der Waals surface area (Å²) < 4.78 is 1.94. The number of hydrogen-bond donors (Lipinski definition) is 0. The molecule has 0 N–H and O–H groups in total. The Labute approximate surface area is 119 Å². The molecule has 0 aliphatic heterocycles. The molecule has 1 aromatic heterocycles. The average molecular weight is 269 g/mol. The zero-order valence-corrected chi connectivity index (χ0v) is 12.1. The summed E-state index contributed by atoms with van der Waals surface area (Å²) >= 11 is 0. The second kappa shape index (κ2) is 6.20. The maximum absolute atomic E-state index is 8.95. The van der Waals surface area contributed by atoms with E-state index in [0.717, 1.165) is 18.1 Å². The molecular formula is C15H19N5. The van der Waals surface area contributed by atoms with Crippen LogP contribution in [0, 0.1) is 17.2 Å². The summed E-state index contributed by atoms with van der Waals surface area (Å²) in [4.78, 5) is 6.39. The lowest BCUT2D eigenvalue weighted by Crippen LogP contribution is -2.21. The number of benzene rings is 1. The number of nitriles is 1. The van der Waals surface area contributed by atoms with E-state index in [1.54, 1.807) is 12.4 Å². The van der Waals surface area contributed by atoms with Crippen LogP contribution in [0.25, 0.3) is 0 Å². The van der Waals surface area contributed by atoms with Crippen LogP contribution in [0.2, 0.25) is 0 Å². The Bertz CT molecular complexity index is 609. The van der Waals surface area contributed by atoms with Gasteiger partial charge >= 0.3 is 0 Å². The van der Waals surface area contributed by atoms with Gasteiger partial charge < -0.3 is 4.90 Å². The monoisotopic (exact) mass is 269 g/mol. The van der Waals surface area contributed by atoms with E-state index in [2.05, 4.69) is 34.9 Å². The summed E-state index contributed by atoms with van der Waals surface area (Å²) in [5, 5.41) is 13.2. The molecule has 0 atom stereocenters. The van der Waals surface area contributed by atoms with Gasteiger partial charge in [-0.25, -0.2) is 9.67 Å². The topological polar surface area (TPSA) is 57.7 Å². The van der Waals surface area contributed by atoms with Crippen LogP contribution in [0.5, 0.6) is 0 Å². The van der Waals surface area contributed by atoms with Crippen molar-refractivity contribution in [2.24, 2.45) is 5.92 Å². The lowest BCUT2D eigenvalue weighted by molar-refractivity contribution is 0.465. The van der Waals surface area contributed by atoms with Crippen molar-refractivity contribution in [2.45, 2.75) is 26.9 Å². The SMILES string of the molecule is CC(C)Cn1ncnc1CN(C)c1cccc(C#N)c1. The van der Waals surface area contributed by atoms with Crippen LogP contribution in [0.1, 0.15) is 25.2 Å². The maximum Gasteiger partial charge on any atom is 0.146 e. The number of nitrogens with zero attached hydrogens (tertiary/aromatic N) is 5. The van der Waals surface area contributed by atoms with Crippen LogP contribution in [-0.2, 0) is 13.1 Å². The Kier molecular flexibility index (Phi) is 4.36. The molecule has 1 aromatic carbocycles. The summed E-state index contributed by atoms with van der Waals surface area (Å²) in [5.74, 6) is 1.46. The zero-order valence-electron chi connectivity index (χ0n) is 12.1. The van der Waals surface area contributed by atoms with E-state index < -0.39 is 0 Å². The molecule has 0 radical (unpaired) electrons. The van der Waals surface area contributed by atoms with Crippen LogP contribution in [-0.4, -0.2) is 21.8 Å². The molecule has 20 heavy (non-hydrogen) atoms. The van der Waals surface area contributed by atoms with E-state index in [1.807, 2.05) is 29.9 Å². The van der Waals surface area contributed by atoms with Crippen molar-refractivity contribution in [1.29, 1.82) is 5.26 Å². The molecule has 0 aliphatic rings. The highest BCUT2D eigenvalue weighted by Gasteiger charge is 2.10. The molecule has 0 amide bonds. The molecule has 0 unspecified atom stereocenters. The highest BCUT2D eigenvalue weighted by molar-refractivity contribution is 5.50. The van der Waals surface area contributed by atoms with Crippen LogP contribution in [0.15, 0.2) is 30.6 Å². The largest absolute Gasteiger partial charge is 0.367 e. The van der Waals surface area contributed by atoms with Crippen molar-refractivity contribution in [3.05, 3.63) is 42.0 Å². The van der Waals surface area contributed by atoms with E-state index in [9.17, 15) is 0 Å². The van der Waals surface area contributed by atoms with E-state index >= 15 is 0 Å². The van der Waals surface area contributed by atoms with Crippen molar-refractivity contribution in [3.63, 3.8) is 0 Å². The Morgan fingerprint density at radius 2 is 2.20 bits per heavy atom. The molecule has 0 saturated heterocycles. The molecule has 5 nitrogen and oxygen atoms in total. The summed E-state index contributed by atoms with van der Waals surface area (Å²) in [6.45, 7) is 5.85. The minimum Gasteiger partial charge on any atom is -0.367 e. The first kappa shape index (κ1) is 14.1. The predicted octanol–water partition coefficient (Wildman–Crippen LogP) is 2.44. The van der Waals surface area contributed by atoms with Gasteiger partial charge in [0, 0.05) is 19.3 Å². The van der Waals surface area contributed by atoms with E-state index in [0.29, 0.717) is 18.0 Å². The van der Waals surface area contributed by atoms with Crippen molar-refractivity contribution < 1.29 is 0 Å². The third kappa shape index (κ3) is 3.35. The molecule has 1 heterocycles. The fraction of sp³-hybridized carbons (Fsp3) is 0.400. The van der Waals surface area contributed by atoms with Crippen LogP contribution in [0.3, 0.4) is 0 Å². The minimum atomic E-state index is 0.530. The standard InChI is InChI=1S/C15H19N5/c1-12(2)9-20-15(17-11-18-20)10-19(3)14-6-4-5-13(7-14)8-16/h4-7,11-12H,9-10H2,1-3H3. The first-order chi connectivity index (χ1) is 9.60. The van der Waals surface area contributed by atoms with Crippen molar-refractivity contribution in [1.82, 2.24) is 14.8 Å². The van der Waals surface area contributed by atoms with Gasteiger partial charge in [0.2, 0.25) is 0 Å². The normalized spacial score (nSPS) is 10.6. The van der Waals surface area contributed by atoms with Gasteiger partial charge in [-0.15, -0.1) is 0 Å². The lowest BCUT2D eigenvalue weighted by atomic mass is 10.2. The third-order valence-corrected chi connectivity index (χ3v) is 3.03. The highest BCUT2D eigenvalue weighted by atomic mass is 15.3. The fourth-order valence-electron chi connectivity index (χ4n) is 2.03. The Balaban J connectivity index is 2.13. The van der Waals surface area contributed by atoms with Gasteiger partial charge in [-0.2, -0.15) is 10.4 Å². The van der Waals surface area contributed by atoms with Gasteiger partial charge in [-0.1, -0.05) is 19.9 Å². The van der Waals surface area contributed by atoms with Crippen LogP contribution < -0.4 is 4.90 Å². The maximum atomic E-state index is 8.95. The summed E-state index contributed by atoms with van der Waals surface area (Å²) in [6, 6.07) is 9.72. The molecular weight excluding hydrogens is 250 g/mol. The van der Waals surface area contributed by atoms with Gasteiger partial charge in [-0.3, -0.25) is 0 Å². The Morgan fingerprint density at radius 3 is 2.90 bits per heavy atom. The summed E-state index contributed by atoms with van der Waals surface area (Å²) in [6.07, 6.45) is 1.59. The van der Waals surface area contributed by atoms with Crippen LogP contribution >= 0.6 is 0 Å². The number of anilines is 1. The minimum absolute atomic E-state index is 0.530. The van der Waals surface area contributed by atoms with Crippen molar-refractivity contribution >= 4 is 5.69 Å². The summed E-state index contributed by atoms with van der Waals surface area (Å²) in [7, 11) is 1.99. The second-order valence-corrected chi connectivity index (χ2v) is 5.27. The van der Waals surface area contributed by atoms with Gasteiger partial charge in [0.15, 0.2) is 0 Å². The quantitative estimate of drug-likeness (QED) is 0.836. The van der Waals surface area contributed by atoms with Crippen LogP contribution in [0.4, 0.5) is 5.69 Å². The average Bonchev–Trinajstić information content (AvgIpc) is 2.85. The molecule has 2 rings (SSSR count). The van der Waals surface area contributed by atoms with Gasteiger partial charge in [-0.05, 0) is 24.1 Å². The fourth-order valence-corrected chi connectivity index (χ4v) is 2.03. The first-order valence-electron chi connectivity index (χ1n) is 6.68. The first-order valence-corrected chi connectivity index (χ1v) is 6.68. The molecule has 0 saturated carbocycles. The Hall–Kier alpha value is -2.35. The lowest BCUT2D eigenvalue weighted by Gasteiger charge is -2.19. The Morgan fingerprint density at radius 1 is 1.40 bits per heavy atom. The molecule has 104 valence electrons. The molecule has 5 heteroatoms. The summed E-state index contributed by atoms with van der Waals surface area (Å²) in [5.41, 5.74) is 1.67. The number of hydrogen-bond acceptors (Lipinski definition) is 4. The van der Waals surface area contributed by atoms with Crippen molar-refractivity contribution in [2.75, 3.05) is 11.9 Å². The van der Waals surface area contributed by atoms with Gasteiger partial charge in [0.05, 0.1) is 18.2 Å². The van der Waals surface area contributed by atoms with E-state index in [4.69, 9.17) is 5.26 Å². The van der Waals surface area contributed by atoms with Crippen molar-refractivity contribution in [3.8, 4) is 6.07 Å². The number of aromatic nitrogens is 3. The highest BCUT2D eigenvalue weighted by Crippen LogP contribution is 2.16.